The highest BCUT2D eigenvalue weighted by atomic mass is 19.4. The minimum absolute atomic E-state index is 0.0864. The average molecular weight is 310 g/mol. The molecular formula is C15H17F3N4. The zero-order valence-corrected chi connectivity index (χ0v) is 12.1. The molecule has 0 fully saturated rings. The maximum Gasteiger partial charge on any atom is 0.435 e. The van der Waals surface area contributed by atoms with Gasteiger partial charge in [-0.2, -0.15) is 18.3 Å². The van der Waals surface area contributed by atoms with Crippen molar-refractivity contribution < 1.29 is 13.2 Å². The van der Waals surface area contributed by atoms with E-state index in [1.54, 1.807) is 37.3 Å². The van der Waals surface area contributed by atoms with E-state index in [2.05, 4.69) is 17.0 Å². The van der Waals surface area contributed by atoms with E-state index in [0.29, 0.717) is 5.69 Å². The topological polar surface area (TPSA) is 55.9 Å². The first-order chi connectivity index (χ1) is 10.3. The highest BCUT2D eigenvalue weighted by molar-refractivity contribution is 5.64. The molecule has 2 rings (SSSR count). The van der Waals surface area contributed by atoms with Crippen LogP contribution in [0.5, 0.6) is 0 Å². The van der Waals surface area contributed by atoms with Gasteiger partial charge in [0.05, 0.1) is 5.69 Å². The summed E-state index contributed by atoms with van der Waals surface area (Å²) in [6.07, 6.45) is -3.25. The first-order valence-corrected chi connectivity index (χ1v) is 6.71. The van der Waals surface area contributed by atoms with Crippen LogP contribution in [0.2, 0.25) is 0 Å². The fraction of sp³-hybridized carbons (Fsp3) is 0.267. The maximum atomic E-state index is 13.2. The quantitative estimate of drug-likeness (QED) is 0.893. The number of nitrogens with zero attached hydrogens (tertiary/aromatic N) is 2. The van der Waals surface area contributed by atoms with Gasteiger partial charge in [0.2, 0.25) is 0 Å². The summed E-state index contributed by atoms with van der Waals surface area (Å²) in [6.45, 7) is 5.72. The van der Waals surface area contributed by atoms with Crippen LogP contribution >= 0.6 is 0 Å². The van der Waals surface area contributed by atoms with Crippen molar-refractivity contribution in [2.45, 2.75) is 19.1 Å². The number of hydrogen-bond acceptors (Lipinski definition) is 3. The molecule has 0 amide bonds. The molecule has 1 aromatic carbocycles. The Kier molecular flexibility index (Phi) is 4.56. The van der Waals surface area contributed by atoms with Crippen molar-refractivity contribution in [3.63, 3.8) is 0 Å². The van der Waals surface area contributed by atoms with E-state index in [1.165, 1.54) is 10.9 Å². The number of halogens is 3. The molecule has 1 atom stereocenters. The van der Waals surface area contributed by atoms with Gasteiger partial charge in [-0.05, 0) is 19.1 Å². The highest BCUT2D eigenvalue weighted by Crippen LogP contribution is 2.33. The van der Waals surface area contributed by atoms with Crippen LogP contribution in [-0.4, -0.2) is 22.4 Å². The van der Waals surface area contributed by atoms with Gasteiger partial charge in [-0.3, -0.25) is 0 Å². The van der Waals surface area contributed by atoms with Gasteiger partial charge in [-0.25, -0.2) is 4.68 Å². The summed E-state index contributed by atoms with van der Waals surface area (Å²) in [5, 5.41) is 6.52. The molecule has 0 saturated carbocycles. The molecule has 1 heterocycles. The van der Waals surface area contributed by atoms with Crippen LogP contribution in [0.3, 0.4) is 0 Å². The number of hydrogen-bond donors (Lipinski definition) is 2. The molecule has 0 aliphatic carbocycles. The van der Waals surface area contributed by atoms with Crippen LogP contribution in [0, 0.1) is 0 Å². The number of rotatable bonds is 5. The summed E-state index contributed by atoms with van der Waals surface area (Å²) < 4.78 is 40.8. The van der Waals surface area contributed by atoms with Gasteiger partial charge < -0.3 is 11.1 Å². The van der Waals surface area contributed by atoms with Crippen LogP contribution in [0.25, 0.3) is 11.4 Å². The Balaban J connectivity index is 2.44. The van der Waals surface area contributed by atoms with E-state index in [0.717, 1.165) is 0 Å². The van der Waals surface area contributed by atoms with Crippen LogP contribution in [-0.2, 0) is 6.18 Å². The third-order valence-corrected chi connectivity index (χ3v) is 3.10. The lowest BCUT2D eigenvalue weighted by molar-refractivity contribution is -0.141. The van der Waals surface area contributed by atoms with Gasteiger partial charge in [0.15, 0.2) is 5.69 Å². The molecule has 2 aromatic rings. The van der Waals surface area contributed by atoms with Crippen molar-refractivity contribution >= 4 is 5.70 Å². The van der Waals surface area contributed by atoms with E-state index >= 15 is 0 Å². The number of benzene rings is 1. The average Bonchev–Trinajstić information content (AvgIpc) is 2.93. The summed E-state index contributed by atoms with van der Waals surface area (Å²) in [6, 6.07) is 8.41. The number of aromatic nitrogens is 2. The lowest BCUT2D eigenvalue weighted by atomic mass is 10.1. The molecule has 7 heteroatoms. The molecule has 0 bridgehead atoms. The summed E-state index contributed by atoms with van der Waals surface area (Å²) >= 11 is 0. The molecule has 22 heavy (non-hydrogen) atoms. The largest absolute Gasteiger partial charge is 0.435 e. The first kappa shape index (κ1) is 16.1. The van der Waals surface area contributed by atoms with Crippen molar-refractivity contribution in [2.75, 3.05) is 6.54 Å². The third-order valence-electron chi connectivity index (χ3n) is 3.10. The zero-order valence-electron chi connectivity index (χ0n) is 12.1. The Labute approximate surface area is 126 Å². The van der Waals surface area contributed by atoms with Crippen LogP contribution < -0.4 is 11.1 Å². The van der Waals surface area contributed by atoms with Crippen molar-refractivity contribution in [1.82, 2.24) is 15.1 Å². The minimum atomic E-state index is -4.56. The smallest absolute Gasteiger partial charge is 0.381 e. The summed E-state index contributed by atoms with van der Waals surface area (Å²) in [4.78, 5) is 0. The van der Waals surface area contributed by atoms with Gasteiger partial charge in [0, 0.05) is 30.0 Å². The summed E-state index contributed by atoms with van der Waals surface area (Å²) in [5.74, 6) is 0. The summed E-state index contributed by atoms with van der Waals surface area (Å²) in [7, 11) is 0. The van der Waals surface area contributed by atoms with E-state index < -0.39 is 11.9 Å². The number of alkyl halides is 3. The molecule has 0 aliphatic heterocycles. The van der Waals surface area contributed by atoms with Crippen molar-refractivity contribution in [3.8, 4) is 5.69 Å². The van der Waals surface area contributed by atoms with Crippen LogP contribution in [0.4, 0.5) is 13.2 Å². The second-order valence-electron chi connectivity index (χ2n) is 4.93. The molecule has 0 saturated heterocycles. The number of nitrogens with one attached hydrogen (secondary N) is 1. The zero-order chi connectivity index (χ0) is 16.3. The molecule has 0 aliphatic rings. The molecule has 1 aromatic heterocycles. The predicted molar refractivity (Wildman–Crippen MR) is 79.3 cm³/mol. The predicted octanol–water partition coefficient (Wildman–Crippen LogP) is 2.80. The lowest BCUT2D eigenvalue weighted by Gasteiger charge is -2.15. The molecule has 118 valence electrons. The second-order valence-corrected chi connectivity index (χ2v) is 4.93. The highest BCUT2D eigenvalue weighted by Gasteiger charge is 2.38. The van der Waals surface area contributed by atoms with Crippen LogP contribution in [0.1, 0.15) is 18.2 Å². The van der Waals surface area contributed by atoms with Gasteiger partial charge in [0.1, 0.15) is 0 Å². The first-order valence-electron chi connectivity index (χ1n) is 6.71. The van der Waals surface area contributed by atoms with Crippen molar-refractivity contribution in [1.29, 1.82) is 0 Å². The van der Waals surface area contributed by atoms with Gasteiger partial charge >= 0.3 is 6.18 Å². The van der Waals surface area contributed by atoms with Gasteiger partial charge in [0.25, 0.3) is 0 Å². The third kappa shape index (κ3) is 3.48. The van der Waals surface area contributed by atoms with Crippen LogP contribution in [0.15, 0.2) is 43.1 Å². The Morgan fingerprint density at radius 2 is 2.00 bits per heavy atom. The Hall–Kier alpha value is -2.28. The standard InChI is InChI=1S/C15H17F3N4/c1-10(8-19)20-11(2)13-9-22(12-6-4-3-5-7-12)21-14(13)15(16,17)18/h3-7,9-10,20H,2,8,19H2,1H3. The molecular weight excluding hydrogens is 293 g/mol. The van der Waals surface area contributed by atoms with Crippen molar-refractivity contribution in [3.05, 3.63) is 54.4 Å². The molecule has 1 unspecified atom stereocenters. The second kappa shape index (κ2) is 6.23. The number of para-hydroxylation sites is 1. The fourth-order valence-corrected chi connectivity index (χ4v) is 1.95. The van der Waals surface area contributed by atoms with E-state index in [4.69, 9.17) is 5.73 Å². The normalized spacial score (nSPS) is 13.0. The summed E-state index contributed by atoms with van der Waals surface area (Å²) in [5.41, 5.74) is 5.10. The molecule has 0 spiro atoms. The van der Waals surface area contributed by atoms with E-state index in [9.17, 15) is 13.2 Å². The SMILES string of the molecule is C=C(NC(C)CN)c1cn(-c2ccccc2)nc1C(F)(F)F. The Morgan fingerprint density at radius 1 is 1.36 bits per heavy atom. The Morgan fingerprint density at radius 3 is 2.55 bits per heavy atom. The minimum Gasteiger partial charge on any atom is -0.381 e. The molecule has 3 N–H and O–H groups in total. The van der Waals surface area contributed by atoms with E-state index in [-0.39, 0.29) is 23.8 Å². The van der Waals surface area contributed by atoms with E-state index in [1.807, 2.05) is 0 Å². The lowest BCUT2D eigenvalue weighted by Crippen LogP contribution is -2.32. The molecule has 4 nitrogen and oxygen atoms in total. The van der Waals surface area contributed by atoms with Gasteiger partial charge in [-0.15, -0.1) is 0 Å². The fourth-order valence-electron chi connectivity index (χ4n) is 1.95. The van der Waals surface area contributed by atoms with Gasteiger partial charge in [-0.1, -0.05) is 24.8 Å². The molecule has 0 radical (unpaired) electrons. The monoisotopic (exact) mass is 310 g/mol. The maximum absolute atomic E-state index is 13.2. The number of nitrogens with two attached hydrogens (primary N) is 1. The Bertz CT molecular complexity index is 647. The van der Waals surface area contributed by atoms with Crippen molar-refractivity contribution in [2.24, 2.45) is 5.73 Å².